The molecule has 1 aromatic rings. The van der Waals surface area contributed by atoms with Crippen molar-refractivity contribution in [1.29, 1.82) is 0 Å². The van der Waals surface area contributed by atoms with Crippen molar-refractivity contribution in [2.24, 2.45) is 0 Å². The number of anilines is 1. The van der Waals surface area contributed by atoms with Crippen LogP contribution < -0.4 is 5.32 Å². The highest BCUT2D eigenvalue weighted by molar-refractivity contribution is 6.17. The van der Waals surface area contributed by atoms with Crippen molar-refractivity contribution in [3.63, 3.8) is 0 Å². The first kappa shape index (κ1) is 16.6. The number of carbonyl (C=O) groups excluding carboxylic acids is 3. The maximum Gasteiger partial charge on any atom is 0.341 e. The number of imide groups is 1. The van der Waals surface area contributed by atoms with E-state index in [0.717, 1.165) is 17.0 Å². The number of nitrogens with one attached hydrogen (secondary N) is 1. The van der Waals surface area contributed by atoms with Gasteiger partial charge in [0, 0.05) is 11.8 Å². The standard InChI is InChI=1S/C15H15FN2O5/c1-2-23-15(22)10-7-9(3-4-11(10)16)17-12-8-13(20)18(5-6-19)14(12)21/h3-4,7-8,17,19H,2,5-6H2,1H3. The quantitative estimate of drug-likeness (QED) is 0.590. The Balaban J connectivity index is 2.20. The van der Waals surface area contributed by atoms with Crippen LogP contribution in [0.3, 0.4) is 0 Å². The first-order valence-corrected chi connectivity index (χ1v) is 6.90. The molecule has 0 bridgehead atoms. The lowest BCUT2D eigenvalue weighted by Crippen LogP contribution is -2.34. The maximum absolute atomic E-state index is 13.7. The summed E-state index contributed by atoms with van der Waals surface area (Å²) in [4.78, 5) is 36.1. The van der Waals surface area contributed by atoms with Gasteiger partial charge < -0.3 is 15.2 Å². The largest absolute Gasteiger partial charge is 0.462 e. The molecule has 0 aromatic heterocycles. The van der Waals surface area contributed by atoms with E-state index in [-0.39, 0.29) is 36.7 Å². The lowest BCUT2D eigenvalue weighted by molar-refractivity contribution is -0.137. The van der Waals surface area contributed by atoms with E-state index in [1.165, 1.54) is 12.1 Å². The molecule has 8 heteroatoms. The number of esters is 1. The Morgan fingerprint density at radius 1 is 1.39 bits per heavy atom. The fourth-order valence-electron chi connectivity index (χ4n) is 2.03. The number of ether oxygens (including phenoxy) is 1. The molecule has 0 unspecified atom stereocenters. The molecule has 2 N–H and O–H groups in total. The van der Waals surface area contributed by atoms with Gasteiger partial charge in [0.15, 0.2) is 0 Å². The Hall–Kier alpha value is -2.74. The summed E-state index contributed by atoms with van der Waals surface area (Å²) in [5.41, 5.74) is -0.0426. The summed E-state index contributed by atoms with van der Waals surface area (Å²) >= 11 is 0. The summed E-state index contributed by atoms with van der Waals surface area (Å²) in [5, 5.41) is 11.5. The minimum absolute atomic E-state index is 0.0233. The number of β-amino-alcohol motifs (C(OH)–C–C–N with tert-alkyl or cyclic N) is 1. The molecule has 0 aliphatic carbocycles. The van der Waals surface area contributed by atoms with Gasteiger partial charge in [0.05, 0.1) is 25.3 Å². The van der Waals surface area contributed by atoms with Crippen molar-refractivity contribution in [3.8, 4) is 0 Å². The van der Waals surface area contributed by atoms with Crippen molar-refractivity contribution in [1.82, 2.24) is 4.90 Å². The average molecular weight is 322 g/mol. The predicted molar refractivity (Wildman–Crippen MR) is 77.9 cm³/mol. The van der Waals surface area contributed by atoms with Gasteiger partial charge in [0.1, 0.15) is 11.5 Å². The number of halogens is 1. The van der Waals surface area contributed by atoms with E-state index < -0.39 is 23.6 Å². The Morgan fingerprint density at radius 3 is 2.78 bits per heavy atom. The Bertz CT molecular complexity index is 686. The van der Waals surface area contributed by atoms with E-state index in [1.54, 1.807) is 6.92 Å². The highest BCUT2D eigenvalue weighted by Crippen LogP contribution is 2.20. The third-order valence-corrected chi connectivity index (χ3v) is 3.07. The van der Waals surface area contributed by atoms with Crippen molar-refractivity contribution in [2.45, 2.75) is 6.92 Å². The minimum Gasteiger partial charge on any atom is -0.462 e. The number of aliphatic hydroxyl groups is 1. The van der Waals surface area contributed by atoms with E-state index in [4.69, 9.17) is 9.84 Å². The lowest BCUT2D eigenvalue weighted by Gasteiger charge is -2.13. The van der Waals surface area contributed by atoms with Gasteiger partial charge >= 0.3 is 5.97 Å². The fourth-order valence-corrected chi connectivity index (χ4v) is 2.03. The van der Waals surface area contributed by atoms with Crippen LogP contribution in [0.1, 0.15) is 17.3 Å². The molecule has 0 radical (unpaired) electrons. The summed E-state index contributed by atoms with van der Waals surface area (Å²) in [7, 11) is 0. The summed E-state index contributed by atoms with van der Waals surface area (Å²) in [6, 6.07) is 3.58. The van der Waals surface area contributed by atoms with Crippen LogP contribution in [0, 0.1) is 5.82 Å². The second kappa shape index (κ2) is 7.01. The van der Waals surface area contributed by atoms with Gasteiger partial charge in [-0.2, -0.15) is 0 Å². The molecule has 1 heterocycles. The molecule has 122 valence electrons. The van der Waals surface area contributed by atoms with Gasteiger partial charge in [0.25, 0.3) is 11.8 Å². The van der Waals surface area contributed by atoms with E-state index in [9.17, 15) is 18.8 Å². The SMILES string of the molecule is CCOC(=O)c1cc(NC2=CC(=O)N(CCO)C2=O)ccc1F. The molecule has 1 aromatic carbocycles. The molecule has 2 rings (SSSR count). The van der Waals surface area contributed by atoms with Crippen LogP contribution in [0.4, 0.5) is 10.1 Å². The zero-order chi connectivity index (χ0) is 17.0. The van der Waals surface area contributed by atoms with E-state index in [0.29, 0.717) is 0 Å². The average Bonchev–Trinajstić information content (AvgIpc) is 2.77. The van der Waals surface area contributed by atoms with Crippen LogP contribution in [-0.4, -0.2) is 47.5 Å². The number of carbonyl (C=O) groups is 3. The number of hydrogen-bond acceptors (Lipinski definition) is 6. The number of benzene rings is 1. The lowest BCUT2D eigenvalue weighted by atomic mass is 10.2. The highest BCUT2D eigenvalue weighted by atomic mass is 19.1. The number of nitrogens with zero attached hydrogens (tertiary/aromatic N) is 1. The first-order chi connectivity index (χ1) is 11.0. The molecule has 2 amide bonds. The third kappa shape index (κ3) is 3.54. The molecular weight excluding hydrogens is 307 g/mol. The molecule has 1 aliphatic heterocycles. The van der Waals surface area contributed by atoms with Gasteiger partial charge in [-0.3, -0.25) is 14.5 Å². The number of rotatable bonds is 6. The molecule has 0 fully saturated rings. The van der Waals surface area contributed by atoms with Crippen LogP contribution in [-0.2, 0) is 14.3 Å². The number of amides is 2. The topological polar surface area (TPSA) is 95.9 Å². The van der Waals surface area contributed by atoms with Gasteiger partial charge in [-0.15, -0.1) is 0 Å². The Labute approximate surface area is 131 Å². The predicted octanol–water partition coefficient (Wildman–Crippen LogP) is 0.659. The van der Waals surface area contributed by atoms with Crippen LogP contribution in [0.2, 0.25) is 0 Å². The molecule has 1 aliphatic rings. The van der Waals surface area contributed by atoms with Crippen LogP contribution in [0.15, 0.2) is 30.0 Å². The monoisotopic (exact) mass is 322 g/mol. The zero-order valence-corrected chi connectivity index (χ0v) is 12.3. The zero-order valence-electron chi connectivity index (χ0n) is 12.3. The van der Waals surface area contributed by atoms with Crippen LogP contribution in [0.25, 0.3) is 0 Å². The summed E-state index contributed by atoms with van der Waals surface area (Å²) in [6.07, 6.45) is 1.07. The van der Waals surface area contributed by atoms with Crippen LogP contribution in [0.5, 0.6) is 0 Å². The molecule has 7 nitrogen and oxygen atoms in total. The highest BCUT2D eigenvalue weighted by Gasteiger charge is 2.30. The normalized spacial score (nSPS) is 14.0. The smallest absolute Gasteiger partial charge is 0.341 e. The van der Waals surface area contributed by atoms with Crippen molar-refractivity contribution >= 4 is 23.5 Å². The fraction of sp³-hybridized carbons (Fsp3) is 0.267. The molecule has 0 saturated carbocycles. The summed E-state index contributed by atoms with van der Waals surface area (Å²) in [6.45, 7) is 1.24. The van der Waals surface area contributed by atoms with E-state index in [1.807, 2.05) is 0 Å². The maximum atomic E-state index is 13.7. The molecular formula is C15H15FN2O5. The van der Waals surface area contributed by atoms with Gasteiger partial charge in [-0.1, -0.05) is 0 Å². The third-order valence-electron chi connectivity index (χ3n) is 3.07. The first-order valence-electron chi connectivity index (χ1n) is 6.90. The van der Waals surface area contributed by atoms with Crippen LogP contribution >= 0.6 is 0 Å². The Morgan fingerprint density at radius 2 is 2.13 bits per heavy atom. The molecule has 23 heavy (non-hydrogen) atoms. The summed E-state index contributed by atoms with van der Waals surface area (Å²) in [5.74, 6) is -2.73. The van der Waals surface area contributed by atoms with Gasteiger partial charge in [0.2, 0.25) is 0 Å². The minimum atomic E-state index is -0.821. The molecule has 0 saturated heterocycles. The van der Waals surface area contributed by atoms with Crippen molar-refractivity contribution in [2.75, 3.05) is 25.1 Å². The number of hydrogen-bond donors (Lipinski definition) is 2. The van der Waals surface area contributed by atoms with E-state index in [2.05, 4.69) is 5.32 Å². The second-order valence-corrected chi connectivity index (χ2v) is 4.62. The summed E-state index contributed by atoms with van der Waals surface area (Å²) < 4.78 is 18.4. The Kier molecular flexibility index (Phi) is 5.07. The molecule has 0 spiro atoms. The van der Waals surface area contributed by atoms with Crippen molar-refractivity contribution < 1.29 is 28.6 Å². The van der Waals surface area contributed by atoms with E-state index >= 15 is 0 Å². The van der Waals surface area contributed by atoms with Crippen molar-refractivity contribution in [3.05, 3.63) is 41.4 Å². The van der Waals surface area contributed by atoms with Gasteiger partial charge in [-0.05, 0) is 25.1 Å². The second-order valence-electron chi connectivity index (χ2n) is 4.62. The van der Waals surface area contributed by atoms with Gasteiger partial charge in [-0.25, -0.2) is 9.18 Å². The molecule has 0 atom stereocenters. The number of aliphatic hydroxyl groups excluding tert-OH is 1.